The van der Waals surface area contributed by atoms with Crippen LogP contribution in [0, 0.1) is 0 Å². The largest absolute Gasteiger partial charge is 0.398 e. The molecule has 0 saturated heterocycles. The Morgan fingerprint density at radius 1 is 1.27 bits per heavy atom. The van der Waals surface area contributed by atoms with E-state index in [1.165, 1.54) is 11.1 Å². The van der Waals surface area contributed by atoms with Gasteiger partial charge in [-0.05, 0) is 23.3 Å². The SMILES string of the molecule is Nc1ccc(Br)c2c1CNC2. The highest BCUT2D eigenvalue weighted by molar-refractivity contribution is 9.10. The van der Waals surface area contributed by atoms with Gasteiger partial charge in [0.05, 0.1) is 0 Å². The van der Waals surface area contributed by atoms with Gasteiger partial charge in [0, 0.05) is 23.2 Å². The molecule has 0 spiro atoms. The zero-order chi connectivity index (χ0) is 7.84. The molecular formula is C8H9BrN2. The quantitative estimate of drug-likeness (QED) is 0.643. The zero-order valence-corrected chi connectivity index (χ0v) is 7.61. The highest BCUT2D eigenvalue weighted by atomic mass is 79.9. The van der Waals surface area contributed by atoms with E-state index in [1.54, 1.807) is 0 Å². The summed E-state index contributed by atoms with van der Waals surface area (Å²) in [6.07, 6.45) is 0. The van der Waals surface area contributed by atoms with E-state index in [4.69, 9.17) is 5.73 Å². The average Bonchev–Trinajstić information content (AvgIpc) is 2.45. The molecule has 58 valence electrons. The Labute approximate surface area is 73.9 Å². The van der Waals surface area contributed by atoms with Gasteiger partial charge in [-0.3, -0.25) is 0 Å². The highest BCUT2D eigenvalue weighted by Gasteiger charge is 2.14. The molecule has 1 aliphatic heterocycles. The molecule has 3 heteroatoms. The van der Waals surface area contributed by atoms with Crippen LogP contribution in [0.4, 0.5) is 5.69 Å². The van der Waals surface area contributed by atoms with Crippen molar-refractivity contribution in [2.45, 2.75) is 13.1 Å². The number of nitrogens with two attached hydrogens (primary N) is 1. The average molecular weight is 213 g/mol. The van der Waals surface area contributed by atoms with Crippen LogP contribution < -0.4 is 11.1 Å². The smallest absolute Gasteiger partial charge is 0.0363 e. The molecule has 1 aromatic carbocycles. The molecule has 1 aromatic rings. The summed E-state index contributed by atoms with van der Waals surface area (Å²) in [5, 5.41) is 3.26. The molecule has 11 heavy (non-hydrogen) atoms. The predicted octanol–water partition coefficient (Wildman–Crippen LogP) is 1.63. The maximum absolute atomic E-state index is 5.78. The van der Waals surface area contributed by atoms with Gasteiger partial charge < -0.3 is 11.1 Å². The molecule has 0 aromatic heterocycles. The van der Waals surface area contributed by atoms with Crippen molar-refractivity contribution >= 4 is 21.6 Å². The van der Waals surface area contributed by atoms with Gasteiger partial charge in [0.15, 0.2) is 0 Å². The summed E-state index contributed by atoms with van der Waals surface area (Å²) >= 11 is 3.49. The Morgan fingerprint density at radius 3 is 2.73 bits per heavy atom. The van der Waals surface area contributed by atoms with Crippen LogP contribution in [0.2, 0.25) is 0 Å². The van der Waals surface area contributed by atoms with E-state index in [2.05, 4.69) is 21.2 Å². The third-order valence-electron chi connectivity index (χ3n) is 2.01. The standard InChI is InChI=1S/C8H9BrN2/c9-7-1-2-8(10)6-4-11-3-5(6)7/h1-2,11H,3-4,10H2. The van der Waals surface area contributed by atoms with Gasteiger partial charge in [-0.25, -0.2) is 0 Å². The topological polar surface area (TPSA) is 38.0 Å². The van der Waals surface area contributed by atoms with Crippen LogP contribution in [0.1, 0.15) is 11.1 Å². The number of hydrogen-bond acceptors (Lipinski definition) is 2. The van der Waals surface area contributed by atoms with Gasteiger partial charge in [-0.2, -0.15) is 0 Å². The van der Waals surface area contributed by atoms with Crippen LogP contribution in [0.5, 0.6) is 0 Å². The molecule has 0 saturated carbocycles. The number of fused-ring (bicyclic) bond motifs is 1. The number of hydrogen-bond donors (Lipinski definition) is 2. The number of anilines is 1. The molecule has 3 N–H and O–H groups in total. The molecule has 0 aliphatic carbocycles. The third kappa shape index (κ3) is 1.04. The maximum atomic E-state index is 5.78. The Kier molecular flexibility index (Phi) is 1.62. The van der Waals surface area contributed by atoms with E-state index < -0.39 is 0 Å². The minimum atomic E-state index is 0.896. The maximum Gasteiger partial charge on any atom is 0.0363 e. The summed E-state index contributed by atoms with van der Waals surface area (Å²) in [6.45, 7) is 1.83. The van der Waals surface area contributed by atoms with Crippen molar-refractivity contribution in [3.63, 3.8) is 0 Å². The number of nitrogen functional groups attached to an aromatic ring is 1. The normalized spacial score (nSPS) is 15.0. The van der Waals surface area contributed by atoms with Crippen LogP contribution in [0.3, 0.4) is 0 Å². The number of halogens is 1. The molecule has 0 radical (unpaired) electrons. The lowest BCUT2D eigenvalue weighted by molar-refractivity contribution is 0.764. The molecule has 2 rings (SSSR count). The number of rotatable bonds is 0. The molecule has 0 amide bonds. The van der Waals surface area contributed by atoms with Gasteiger partial charge in [0.2, 0.25) is 0 Å². The Morgan fingerprint density at radius 2 is 2.00 bits per heavy atom. The van der Waals surface area contributed by atoms with Crippen LogP contribution >= 0.6 is 15.9 Å². The fourth-order valence-electron chi connectivity index (χ4n) is 1.39. The van der Waals surface area contributed by atoms with Crippen LogP contribution in [0.15, 0.2) is 16.6 Å². The minimum absolute atomic E-state index is 0.896. The summed E-state index contributed by atoms with van der Waals surface area (Å²) in [7, 11) is 0. The predicted molar refractivity (Wildman–Crippen MR) is 49.1 cm³/mol. The molecule has 2 nitrogen and oxygen atoms in total. The second-order valence-corrected chi connectivity index (χ2v) is 3.55. The van der Waals surface area contributed by atoms with E-state index in [9.17, 15) is 0 Å². The first kappa shape index (κ1) is 7.13. The van der Waals surface area contributed by atoms with E-state index in [0.29, 0.717) is 0 Å². The Balaban J connectivity index is 2.64. The van der Waals surface area contributed by atoms with Crippen molar-refractivity contribution < 1.29 is 0 Å². The monoisotopic (exact) mass is 212 g/mol. The van der Waals surface area contributed by atoms with Gasteiger partial charge >= 0.3 is 0 Å². The second-order valence-electron chi connectivity index (χ2n) is 2.70. The van der Waals surface area contributed by atoms with E-state index in [-0.39, 0.29) is 0 Å². The first-order valence-corrected chi connectivity index (χ1v) is 4.35. The van der Waals surface area contributed by atoms with Crippen LogP contribution in [-0.2, 0) is 13.1 Å². The Bertz CT molecular complexity index is 267. The van der Waals surface area contributed by atoms with Gasteiger partial charge in [0.1, 0.15) is 0 Å². The highest BCUT2D eigenvalue weighted by Crippen LogP contribution is 2.28. The number of nitrogens with one attached hydrogen (secondary N) is 1. The van der Waals surface area contributed by atoms with Crippen molar-refractivity contribution in [3.05, 3.63) is 27.7 Å². The van der Waals surface area contributed by atoms with Gasteiger partial charge in [-0.1, -0.05) is 15.9 Å². The van der Waals surface area contributed by atoms with E-state index in [0.717, 1.165) is 23.2 Å². The fraction of sp³-hybridized carbons (Fsp3) is 0.250. The summed E-state index contributed by atoms with van der Waals surface area (Å²) < 4.78 is 1.16. The molecule has 1 aliphatic rings. The van der Waals surface area contributed by atoms with Crippen LogP contribution in [-0.4, -0.2) is 0 Å². The molecule has 0 unspecified atom stereocenters. The van der Waals surface area contributed by atoms with E-state index in [1.807, 2.05) is 12.1 Å². The summed E-state index contributed by atoms with van der Waals surface area (Å²) in [5.41, 5.74) is 9.24. The van der Waals surface area contributed by atoms with Gasteiger partial charge in [-0.15, -0.1) is 0 Å². The van der Waals surface area contributed by atoms with Crippen molar-refractivity contribution in [3.8, 4) is 0 Å². The fourth-order valence-corrected chi connectivity index (χ4v) is 1.91. The summed E-state index contributed by atoms with van der Waals surface area (Å²) in [4.78, 5) is 0. The lowest BCUT2D eigenvalue weighted by atomic mass is 10.1. The second kappa shape index (κ2) is 2.50. The van der Waals surface area contributed by atoms with Gasteiger partial charge in [0.25, 0.3) is 0 Å². The minimum Gasteiger partial charge on any atom is -0.398 e. The summed E-state index contributed by atoms with van der Waals surface area (Å²) in [6, 6.07) is 3.94. The lowest BCUT2D eigenvalue weighted by Gasteiger charge is -2.03. The van der Waals surface area contributed by atoms with Crippen molar-refractivity contribution in [2.24, 2.45) is 0 Å². The van der Waals surface area contributed by atoms with Crippen molar-refractivity contribution in [1.82, 2.24) is 5.32 Å². The summed E-state index contributed by atoms with van der Waals surface area (Å²) in [5.74, 6) is 0. The van der Waals surface area contributed by atoms with Crippen molar-refractivity contribution in [2.75, 3.05) is 5.73 Å². The molecule has 0 fully saturated rings. The third-order valence-corrected chi connectivity index (χ3v) is 2.76. The number of benzene rings is 1. The molecule has 1 heterocycles. The van der Waals surface area contributed by atoms with Crippen LogP contribution in [0.25, 0.3) is 0 Å². The van der Waals surface area contributed by atoms with Crippen molar-refractivity contribution in [1.29, 1.82) is 0 Å². The lowest BCUT2D eigenvalue weighted by Crippen LogP contribution is -2.00. The molecule has 0 atom stereocenters. The Hall–Kier alpha value is -0.540. The first-order chi connectivity index (χ1) is 5.29. The first-order valence-electron chi connectivity index (χ1n) is 3.55. The van der Waals surface area contributed by atoms with E-state index >= 15 is 0 Å². The molecule has 0 bridgehead atoms. The molecular weight excluding hydrogens is 204 g/mol. The zero-order valence-electron chi connectivity index (χ0n) is 6.02.